The average molecular weight is 192 g/mol. The summed E-state index contributed by atoms with van der Waals surface area (Å²) < 4.78 is 4.59. The van der Waals surface area contributed by atoms with Crippen molar-refractivity contribution < 1.29 is 9.32 Å². The first-order chi connectivity index (χ1) is 6.79. The lowest BCUT2D eigenvalue weighted by Gasteiger charge is -2.17. The van der Waals surface area contributed by atoms with E-state index in [4.69, 9.17) is 6.42 Å². The minimum Gasteiger partial charge on any atom is -0.364 e. The van der Waals surface area contributed by atoms with Gasteiger partial charge in [0.15, 0.2) is 5.69 Å². The minimum atomic E-state index is -0.182. The molecule has 0 N–H and O–H groups in total. The van der Waals surface area contributed by atoms with E-state index in [0.717, 1.165) is 6.42 Å². The molecule has 4 nitrogen and oxygen atoms in total. The van der Waals surface area contributed by atoms with Crippen LogP contribution >= 0.6 is 0 Å². The Balaban J connectivity index is 2.69. The fourth-order valence-corrected chi connectivity index (χ4v) is 1.12. The summed E-state index contributed by atoms with van der Waals surface area (Å²) in [6.45, 7) is 2.93. The van der Waals surface area contributed by atoms with Crippen LogP contribution in [0, 0.1) is 12.3 Å². The van der Waals surface area contributed by atoms with E-state index in [-0.39, 0.29) is 5.91 Å². The number of nitrogens with zero attached hydrogens (tertiary/aromatic N) is 2. The molecule has 0 aromatic carbocycles. The Morgan fingerprint density at radius 2 is 2.57 bits per heavy atom. The molecule has 0 saturated heterocycles. The number of aromatic nitrogens is 1. The van der Waals surface area contributed by atoms with Crippen molar-refractivity contribution in [2.24, 2.45) is 0 Å². The van der Waals surface area contributed by atoms with Crippen molar-refractivity contribution >= 4 is 5.91 Å². The summed E-state index contributed by atoms with van der Waals surface area (Å²) in [5.74, 6) is 2.26. The second kappa shape index (κ2) is 5.07. The minimum absolute atomic E-state index is 0.182. The maximum Gasteiger partial charge on any atom is 0.276 e. The van der Waals surface area contributed by atoms with Gasteiger partial charge in [0, 0.05) is 12.6 Å². The molecule has 0 fully saturated rings. The van der Waals surface area contributed by atoms with Crippen molar-refractivity contribution in [1.82, 2.24) is 10.1 Å². The van der Waals surface area contributed by atoms with Crippen LogP contribution in [0.4, 0.5) is 0 Å². The molecule has 1 rings (SSSR count). The Hall–Kier alpha value is -1.76. The average Bonchev–Trinajstić information content (AvgIpc) is 2.69. The Morgan fingerprint density at radius 1 is 1.79 bits per heavy atom. The zero-order chi connectivity index (χ0) is 10.4. The number of hydrogen-bond acceptors (Lipinski definition) is 3. The van der Waals surface area contributed by atoms with E-state index in [2.05, 4.69) is 15.6 Å². The maximum absolute atomic E-state index is 11.7. The highest BCUT2D eigenvalue weighted by Crippen LogP contribution is 2.02. The molecule has 0 aliphatic rings. The third kappa shape index (κ3) is 2.36. The molecule has 74 valence electrons. The molecule has 1 aromatic rings. The molecule has 1 amide bonds. The van der Waals surface area contributed by atoms with Crippen molar-refractivity contribution in [3.8, 4) is 12.3 Å². The quantitative estimate of drug-likeness (QED) is 0.672. The molecule has 0 bridgehead atoms. The van der Waals surface area contributed by atoms with Crippen molar-refractivity contribution in [3.63, 3.8) is 0 Å². The third-order valence-corrected chi connectivity index (χ3v) is 1.72. The zero-order valence-electron chi connectivity index (χ0n) is 8.06. The summed E-state index contributed by atoms with van der Waals surface area (Å²) in [6, 6.07) is 1.53. The topological polar surface area (TPSA) is 46.3 Å². The summed E-state index contributed by atoms with van der Waals surface area (Å²) in [5, 5.41) is 3.57. The van der Waals surface area contributed by atoms with Gasteiger partial charge in [-0.05, 0) is 6.42 Å². The van der Waals surface area contributed by atoms with E-state index < -0.39 is 0 Å². The normalized spacial score (nSPS) is 9.43. The van der Waals surface area contributed by atoms with Gasteiger partial charge in [-0.2, -0.15) is 0 Å². The monoisotopic (exact) mass is 192 g/mol. The summed E-state index contributed by atoms with van der Waals surface area (Å²) in [7, 11) is 0. The Labute approximate surface area is 82.9 Å². The summed E-state index contributed by atoms with van der Waals surface area (Å²) in [6.07, 6.45) is 7.40. The molecule has 0 aliphatic heterocycles. The lowest BCUT2D eigenvalue weighted by atomic mass is 10.3. The summed E-state index contributed by atoms with van der Waals surface area (Å²) in [4.78, 5) is 13.3. The lowest BCUT2D eigenvalue weighted by Crippen LogP contribution is -2.32. The van der Waals surface area contributed by atoms with Gasteiger partial charge in [0.1, 0.15) is 6.26 Å². The molecule has 0 radical (unpaired) electrons. The van der Waals surface area contributed by atoms with E-state index in [1.54, 1.807) is 4.90 Å². The highest BCUT2D eigenvalue weighted by atomic mass is 16.5. The van der Waals surface area contributed by atoms with Crippen LogP contribution in [0.2, 0.25) is 0 Å². The lowest BCUT2D eigenvalue weighted by molar-refractivity contribution is 0.0766. The van der Waals surface area contributed by atoms with Crippen LogP contribution in [0.5, 0.6) is 0 Å². The van der Waals surface area contributed by atoms with Crippen LogP contribution in [0.25, 0.3) is 0 Å². The van der Waals surface area contributed by atoms with Crippen molar-refractivity contribution in [3.05, 3.63) is 18.0 Å². The van der Waals surface area contributed by atoms with Crippen LogP contribution in [-0.2, 0) is 0 Å². The standard InChI is InChI=1S/C10H12N2O2/c1-3-6-12(7-4-2)10(13)9-5-8-14-11-9/h1,5,8H,4,6-7H2,2H3. The number of carbonyl (C=O) groups is 1. The van der Waals surface area contributed by atoms with Crippen LogP contribution in [0.15, 0.2) is 16.9 Å². The third-order valence-electron chi connectivity index (χ3n) is 1.72. The van der Waals surface area contributed by atoms with Gasteiger partial charge < -0.3 is 9.42 Å². The van der Waals surface area contributed by atoms with Gasteiger partial charge in [0.05, 0.1) is 6.54 Å². The number of hydrogen-bond donors (Lipinski definition) is 0. The molecule has 1 heterocycles. The second-order valence-corrected chi connectivity index (χ2v) is 2.82. The van der Waals surface area contributed by atoms with Gasteiger partial charge in [-0.1, -0.05) is 18.0 Å². The Morgan fingerprint density at radius 3 is 3.07 bits per heavy atom. The number of terminal acetylenes is 1. The molecular formula is C10H12N2O2. The number of rotatable bonds is 4. The maximum atomic E-state index is 11.7. The highest BCUT2D eigenvalue weighted by molar-refractivity contribution is 5.92. The largest absolute Gasteiger partial charge is 0.364 e. The van der Waals surface area contributed by atoms with E-state index in [9.17, 15) is 4.79 Å². The van der Waals surface area contributed by atoms with E-state index >= 15 is 0 Å². The highest BCUT2D eigenvalue weighted by Gasteiger charge is 2.16. The predicted molar refractivity (Wildman–Crippen MR) is 51.5 cm³/mol. The summed E-state index contributed by atoms with van der Waals surface area (Å²) >= 11 is 0. The van der Waals surface area contributed by atoms with Crippen LogP contribution in [0.1, 0.15) is 23.8 Å². The molecular weight excluding hydrogens is 180 g/mol. The fraction of sp³-hybridized carbons (Fsp3) is 0.400. The predicted octanol–water partition coefficient (Wildman–Crippen LogP) is 1.16. The first-order valence-corrected chi connectivity index (χ1v) is 4.42. The smallest absolute Gasteiger partial charge is 0.276 e. The van der Waals surface area contributed by atoms with E-state index in [1.807, 2.05) is 6.92 Å². The molecule has 1 aromatic heterocycles. The molecule has 14 heavy (non-hydrogen) atoms. The first kappa shape index (κ1) is 10.3. The van der Waals surface area contributed by atoms with Crippen LogP contribution < -0.4 is 0 Å². The van der Waals surface area contributed by atoms with Gasteiger partial charge in [0.2, 0.25) is 0 Å². The van der Waals surface area contributed by atoms with Crippen molar-refractivity contribution in [2.45, 2.75) is 13.3 Å². The molecule has 0 unspecified atom stereocenters. The molecule has 0 atom stereocenters. The van der Waals surface area contributed by atoms with Gasteiger partial charge in [-0.15, -0.1) is 6.42 Å². The SMILES string of the molecule is C#CCN(CCC)C(=O)c1ccon1. The van der Waals surface area contributed by atoms with Crippen LogP contribution in [0.3, 0.4) is 0 Å². The van der Waals surface area contributed by atoms with Gasteiger partial charge >= 0.3 is 0 Å². The van der Waals surface area contributed by atoms with Crippen LogP contribution in [-0.4, -0.2) is 29.1 Å². The van der Waals surface area contributed by atoms with Gasteiger partial charge in [0.25, 0.3) is 5.91 Å². The molecule has 0 spiro atoms. The Kier molecular flexibility index (Phi) is 3.74. The number of carbonyl (C=O) groups excluding carboxylic acids is 1. The number of amides is 1. The van der Waals surface area contributed by atoms with Gasteiger partial charge in [-0.25, -0.2) is 0 Å². The van der Waals surface area contributed by atoms with Crippen molar-refractivity contribution in [2.75, 3.05) is 13.1 Å². The first-order valence-electron chi connectivity index (χ1n) is 4.42. The van der Waals surface area contributed by atoms with E-state index in [0.29, 0.717) is 18.8 Å². The molecule has 4 heteroatoms. The fourth-order valence-electron chi connectivity index (χ4n) is 1.12. The second-order valence-electron chi connectivity index (χ2n) is 2.82. The van der Waals surface area contributed by atoms with Crippen molar-refractivity contribution in [1.29, 1.82) is 0 Å². The Bertz CT molecular complexity index is 324. The van der Waals surface area contributed by atoms with Gasteiger partial charge in [-0.3, -0.25) is 4.79 Å². The molecule has 0 aliphatic carbocycles. The van der Waals surface area contributed by atoms with E-state index in [1.165, 1.54) is 12.3 Å². The summed E-state index contributed by atoms with van der Waals surface area (Å²) in [5.41, 5.74) is 0.300. The zero-order valence-corrected chi connectivity index (χ0v) is 8.06. The molecule has 0 saturated carbocycles.